The number of rotatable bonds is 5. The third-order valence-electron chi connectivity index (χ3n) is 5.67. The first-order valence-corrected chi connectivity index (χ1v) is 10.4. The van der Waals surface area contributed by atoms with Gasteiger partial charge in [0, 0.05) is 36.4 Å². The molecule has 1 aliphatic carbocycles. The van der Waals surface area contributed by atoms with Crippen LogP contribution in [0.2, 0.25) is 0 Å². The van der Waals surface area contributed by atoms with Crippen molar-refractivity contribution >= 4 is 12.1 Å². The standard InChI is InChI=1S/C21H21F2N7O2/c1-2-15-13(18(22)23)4-3-8-30(15)26-10-16-17-14(24-11-25-17)7-9-29(16)21(31)20-28-27-19(32-20)12-5-6-12/h2-4,8,10-12,16,18H,5-7,9H2,1H3,(H,24,25)/b15-2-,26-10+/t16-/m0/s1. The van der Waals surface area contributed by atoms with Crippen LogP contribution in [0.1, 0.15) is 59.7 Å². The van der Waals surface area contributed by atoms with Crippen molar-refractivity contribution in [3.63, 3.8) is 0 Å². The number of imidazole rings is 1. The fourth-order valence-electron chi connectivity index (χ4n) is 3.87. The van der Waals surface area contributed by atoms with E-state index in [9.17, 15) is 13.6 Å². The fourth-order valence-corrected chi connectivity index (χ4v) is 3.87. The highest BCUT2D eigenvalue weighted by atomic mass is 19.3. The summed E-state index contributed by atoms with van der Waals surface area (Å²) in [5.41, 5.74) is 1.69. The van der Waals surface area contributed by atoms with Crippen LogP contribution in [-0.2, 0) is 6.42 Å². The largest absolute Gasteiger partial charge is 0.417 e. The lowest BCUT2D eigenvalue weighted by Crippen LogP contribution is -2.41. The molecule has 4 heterocycles. The highest BCUT2D eigenvalue weighted by Gasteiger charge is 2.36. The number of hydrazone groups is 1. The van der Waals surface area contributed by atoms with Gasteiger partial charge in [-0.3, -0.25) is 4.79 Å². The minimum atomic E-state index is -2.63. The number of allylic oxidation sites excluding steroid dienone is 4. The monoisotopic (exact) mass is 441 g/mol. The summed E-state index contributed by atoms with van der Waals surface area (Å²) in [6, 6.07) is -0.624. The molecule has 1 atom stereocenters. The summed E-state index contributed by atoms with van der Waals surface area (Å²) in [6.07, 6.45) is 9.02. The van der Waals surface area contributed by atoms with Gasteiger partial charge in [0.1, 0.15) is 6.04 Å². The van der Waals surface area contributed by atoms with Crippen molar-refractivity contribution in [1.29, 1.82) is 0 Å². The molecule has 0 aromatic carbocycles. The van der Waals surface area contributed by atoms with Crippen LogP contribution in [-0.4, -0.2) is 55.2 Å². The van der Waals surface area contributed by atoms with E-state index in [1.54, 1.807) is 30.4 Å². The number of nitrogens with one attached hydrogen (secondary N) is 1. The van der Waals surface area contributed by atoms with Crippen LogP contribution in [0.4, 0.5) is 8.78 Å². The Hall–Kier alpha value is -3.63. The van der Waals surface area contributed by atoms with Crippen LogP contribution in [0.25, 0.3) is 0 Å². The Labute approximate surface area is 182 Å². The first kappa shape index (κ1) is 20.3. The number of hydrogen-bond donors (Lipinski definition) is 1. The number of fused-ring (bicyclic) bond motifs is 1. The van der Waals surface area contributed by atoms with Gasteiger partial charge < -0.3 is 14.3 Å². The van der Waals surface area contributed by atoms with Crippen LogP contribution in [0.5, 0.6) is 0 Å². The van der Waals surface area contributed by atoms with Crippen LogP contribution in [0.15, 0.2) is 51.5 Å². The Morgan fingerprint density at radius 2 is 2.22 bits per heavy atom. The average molecular weight is 441 g/mol. The van der Waals surface area contributed by atoms with Crippen molar-refractivity contribution in [3.05, 3.63) is 65.2 Å². The van der Waals surface area contributed by atoms with Crippen molar-refractivity contribution in [3.8, 4) is 0 Å². The van der Waals surface area contributed by atoms with E-state index in [1.165, 1.54) is 23.4 Å². The second-order valence-corrected chi connectivity index (χ2v) is 7.73. The minimum absolute atomic E-state index is 0.0702. The van der Waals surface area contributed by atoms with Gasteiger partial charge in [0.2, 0.25) is 5.89 Å². The zero-order valence-electron chi connectivity index (χ0n) is 17.3. The number of nitrogens with zero attached hydrogens (tertiary/aromatic N) is 6. The molecule has 0 spiro atoms. The van der Waals surface area contributed by atoms with Gasteiger partial charge in [0.05, 0.1) is 23.9 Å². The Morgan fingerprint density at radius 1 is 1.38 bits per heavy atom. The van der Waals surface area contributed by atoms with E-state index < -0.39 is 18.4 Å². The zero-order valence-corrected chi connectivity index (χ0v) is 17.3. The normalized spacial score (nSPS) is 22.2. The van der Waals surface area contributed by atoms with Crippen molar-refractivity contribution in [2.24, 2.45) is 5.10 Å². The number of halogens is 2. The van der Waals surface area contributed by atoms with Crippen molar-refractivity contribution < 1.29 is 18.0 Å². The Bertz CT molecular complexity index is 1140. The van der Waals surface area contributed by atoms with Gasteiger partial charge >= 0.3 is 11.8 Å². The molecule has 0 bridgehead atoms. The zero-order chi connectivity index (χ0) is 22.2. The molecule has 11 heteroatoms. The molecule has 1 N–H and O–H groups in total. The highest BCUT2D eigenvalue weighted by Crippen LogP contribution is 2.39. The molecule has 1 fully saturated rings. The molecule has 1 saturated carbocycles. The van der Waals surface area contributed by atoms with Crippen LogP contribution in [0.3, 0.4) is 0 Å². The molecule has 32 heavy (non-hydrogen) atoms. The van der Waals surface area contributed by atoms with E-state index in [4.69, 9.17) is 4.42 Å². The number of amides is 1. The van der Waals surface area contributed by atoms with Crippen molar-refractivity contribution in [2.75, 3.05) is 6.54 Å². The lowest BCUT2D eigenvalue weighted by molar-refractivity contribution is 0.0670. The van der Waals surface area contributed by atoms with Gasteiger partial charge in [0.15, 0.2) is 0 Å². The number of carbonyl (C=O) groups is 1. The highest BCUT2D eigenvalue weighted by molar-refractivity contribution is 5.92. The first-order chi connectivity index (χ1) is 15.6. The summed E-state index contributed by atoms with van der Waals surface area (Å²) >= 11 is 0. The summed E-state index contributed by atoms with van der Waals surface area (Å²) in [5, 5.41) is 13.7. The number of aromatic nitrogens is 4. The summed E-state index contributed by atoms with van der Waals surface area (Å²) in [7, 11) is 0. The first-order valence-electron chi connectivity index (χ1n) is 10.4. The molecule has 166 valence electrons. The summed E-state index contributed by atoms with van der Waals surface area (Å²) in [6.45, 7) is 2.06. The second-order valence-electron chi connectivity index (χ2n) is 7.73. The molecule has 9 nitrogen and oxygen atoms in total. The van der Waals surface area contributed by atoms with Gasteiger partial charge in [-0.25, -0.2) is 18.8 Å². The summed E-state index contributed by atoms with van der Waals surface area (Å²) in [5.74, 6) is 0.240. The average Bonchev–Trinajstić information content (AvgIpc) is 3.33. The Kier molecular flexibility index (Phi) is 5.16. The molecular formula is C21H21F2N7O2. The maximum absolute atomic E-state index is 13.4. The summed E-state index contributed by atoms with van der Waals surface area (Å²) < 4.78 is 32.4. The van der Waals surface area contributed by atoms with Gasteiger partial charge in [0.25, 0.3) is 6.43 Å². The molecule has 3 aliphatic rings. The van der Waals surface area contributed by atoms with Crippen molar-refractivity contribution in [1.82, 2.24) is 30.1 Å². The number of alkyl halides is 2. The number of H-pyrrole nitrogens is 1. The van der Waals surface area contributed by atoms with Gasteiger partial charge in [-0.05, 0) is 31.9 Å². The van der Waals surface area contributed by atoms with E-state index in [1.807, 2.05) is 0 Å². The predicted molar refractivity (Wildman–Crippen MR) is 110 cm³/mol. The second kappa shape index (κ2) is 8.13. The van der Waals surface area contributed by atoms with Crippen molar-refractivity contribution in [2.45, 2.75) is 44.6 Å². The van der Waals surface area contributed by atoms with Crippen LogP contribution < -0.4 is 0 Å². The molecule has 0 saturated heterocycles. The predicted octanol–water partition coefficient (Wildman–Crippen LogP) is 3.32. The Morgan fingerprint density at radius 3 is 2.97 bits per heavy atom. The van der Waals surface area contributed by atoms with E-state index in [-0.39, 0.29) is 23.1 Å². The van der Waals surface area contributed by atoms with E-state index in [0.717, 1.165) is 18.5 Å². The molecule has 2 aromatic heterocycles. The molecular weight excluding hydrogens is 420 g/mol. The third-order valence-corrected chi connectivity index (χ3v) is 5.67. The third kappa shape index (κ3) is 3.63. The van der Waals surface area contributed by atoms with Gasteiger partial charge in [-0.2, -0.15) is 5.10 Å². The van der Waals surface area contributed by atoms with E-state index >= 15 is 0 Å². The SMILES string of the molecule is C/C=C1/C(C(F)F)=CC=CN1/N=C/[C@H]1c2nc[nH]c2CCN1C(=O)c1nnc(C2CC2)o1. The lowest BCUT2D eigenvalue weighted by Gasteiger charge is -2.32. The molecule has 5 rings (SSSR count). The van der Waals surface area contributed by atoms with Crippen LogP contribution >= 0.6 is 0 Å². The van der Waals surface area contributed by atoms with Crippen LogP contribution in [0, 0.1) is 0 Å². The lowest BCUT2D eigenvalue weighted by atomic mass is 10.0. The van der Waals surface area contributed by atoms with E-state index in [0.29, 0.717) is 24.6 Å². The molecule has 2 aliphatic heterocycles. The van der Waals surface area contributed by atoms with E-state index in [2.05, 4.69) is 25.3 Å². The fraction of sp³-hybridized carbons (Fsp3) is 0.381. The maximum Gasteiger partial charge on any atom is 0.312 e. The quantitative estimate of drug-likeness (QED) is 0.714. The number of carbonyl (C=O) groups excluding carboxylic acids is 1. The molecule has 1 amide bonds. The maximum atomic E-state index is 13.4. The molecule has 2 aromatic rings. The Balaban J connectivity index is 1.43. The topological polar surface area (TPSA) is 104 Å². The number of hydrogen-bond acceptors (Lipinski definition) is 7. The van der Waals surface area contributed by atoms with Gasteiger partial charge in [-0.15, -0.1) is 10.2 Å². The smallest absolute Gasteiger partial charge is 0.312 e. The molecule has 0 unspecified atom stereocenters. The van der Waals surface area contributed by atoms with Gasteiger partial charge in [-0.1, -0.05) is 6.08 Å². The number of aromatic amines is 1. The minimum Gasteiger partial charge on any atom is -0.417 e. The molecule has 0 radical (unpaired) electrons. The summed E-state index contributed by atoms with van der Waals surface area (Å²) in [4.78, 5) is 22.2.